The lowest BCUT2D eigenvalue weighted by molar-refractivity contribution is 0.0955. The lowest BCUT2D eigenvalue weighted by Gasteiger charge is -2.12. The fourth-order valence-corrected chi connectivity index (χ4v) is 4.04. The van der Waals surface area contributed by atoms with Crippen molar-refractivity contribution < 1.29 is 4.79 Å². The van der Waals surface area contributed by atoms with E-state index in [1.807, 2.05) is 36.6 Å². The summed E-state index contributed by atoms with van der Waals surface area (Å²) in [7, 11) is 0. The van der Waals surface area contributed by atoms with Crippen LogP contribution in [0.4, 0.5) is 0 Å². The second kappa shape index (κ2) is 7.06. The number of hydrogen-bond acceptors (Lipinski definition) is 4. The molecule has 0 radical (unpaired) electrons. The number of benzene rings is 1. The predicted octanol–water partition coefficient (Wildman–Crippen LogP) is 4.71. The number of hydrogen-bond donors (Lipinski definition) is 1. The highest BCUT2D eigenvalue weighted by molar-refractivity contribution is 7.17. The Kier molecular flexibility index (Phi) is 4.88. The molecule has 0 aliphatic carbocycles. The van der Waals surface area contributed by atoms with Crippen molar-refractivity contribution in [3.05, 3.63) is 63.3 Å². The fraction of sp³-hybridized carbons (Fsp3) is 0.222. The van der Waals surface area contributed by atoms with Gasteiger partial charge in [-0.3, -0.25) is 4.79 Å². The highest BCUT2D eigenvalue weighted by Gasteiger charge is 2.17. The highest BCUT2D eigenvalue weighted by atomic mass is 32.1. The third kappa shape index (κ3) is 3.68. The molecule has 0 saturated heterocycles. The average Bonchev–Trinajstić information content (AvgIpc) is 3.22. The Morgan fingerprint density at radius 1 is 1.26 bits per heavy atom. The maximum absolute atomic E-state index is 12.4. The zero-order valence-corrected chi connectivity index (χ0v) is 14.7. The summed E-state index contributed by atoms with van der Waals surface area (Å²) < 4.78 is 0. The fourth-order valence-electron chi connectivity index (χ4n) is 2.34. The van der Waals surface area contributed by atoms with Crippen molar-refractivity contribution in [3.63, 3.8) is 0 Å². The number of nitrogens with one attached hydrogen (secondary N) is 1. The molecule has 0 bridgehead atoms. The zero-order chi connectivity index (χ0) is 16.2. The Bertz CT molecular complexity index is 779. The Hall–Kier alpha value is -1.98. The Morgan fingerprint density at radius 2 is 2.04 bits per heavy atom. The van der Waals surface area contributed by atoms with Crippen LogP contribution in [0.15, 0.2) is 47.2 Å². The molecule has 118 valence electrons. The van der Waals surface area contributed by atoms with Gasteiger partial charge in [0.1, 0.15) is 9.88 Å². The molecule has 2 aromatic heterocycles. The molecule has 0 aliphatic heterocycles. The van der Waals surface area contributed by atoms with E-state index in [1.54, 1.807) is 11.3 Å². The number of rotatable bonds is 5. The van der Waals surface area contributed by atoms with Gasteiger partial charge >= 0.3 is 0 Å². The van der Waals surface area contributed by atoms with Gasteiger partial charge in [-0.05, 0) is 29.9 Å². The van der Waals surface area contributed by atoms with Gasteiger partial charge in [0.2, 0.25) is 0 Å². The maximum Gasteiger partial charge on any atom is 0.263 e. The number of thiophene rings is 1. The van der Waals surface area contributed by atoms with E-state index in [9.17, 15) is 4.79 Å². The highest BCUT2D eigenvalue weighted by Crippen LogP contribution is 2.29. The van der Waals surface area contributed by atoms with E-state index >= 15 is 0 Å². The van der Waals surface area contributed by atoms with Crippen LogP contribution in [0.1, 0.15) is 33.8 Å². The van der Waals surface area contributed by atoms with Gasteiger partial charge in [0, 0.05) is 17.5 Å². The number of nitrogens with zero attached hydrogens (tertiary/aromatic N) is 1. The standard InChI is InChI=1S/C18H18N2OS2/c1-12(14-6-4-3-5-7-14)10-19-17(21)16-13(2)20-18(23-16)15-8-9-22-11-15/h3-9,11-12H,10H2,1-2H3,(H,19,21). The lowest BCUT2D eigenvalue weighted by Crippen LogP contribution is -2.27. The van der Waals surface area contributed by atoms with E-state index in [0.29, 0.717) is 11.4 Å². The van der Waals surface area contributed by atoms with Gasteiger partial charge in [0.15, 0.2) is 0 Å². The van der Waals surface area contributed by atoms with Crippen molar-refractivity contribution in [1.29, 1.82) is 0 Å². The van der Waals surface area contributed by atoms with Crippen molar-refractivity contribution in [3.8, 4) is 10.6 Å². The van der Waals surface area contributed by atoms with Crippen LogP contribution in [0.5, 0.6) is 0 Å². The van der Waals surface area contributed by atoms with E-state index in [-0.39, 0.29) is 11.8 Å². The minimum absolute atomic E-state index is 0.0377. The molecular formula is C18H18N2OS2. The number of aryl methyl sites for hydroxylation is 1. The number of carbonyl (C=O) groups excluding carboxylic acids is 1. The number of amides is 1. The van der Waals surface area contributed by atoms with Crippen molar-refractivity contribution in [2.24, 2.45) is 0 Å². The van der Waals surface area contributed by atoms with Crippen molar-refractivity contribution in [2.75, 3.05) is 6.54 Å². The molecular weight excluding hydrogens is 324 g/mol. The first kappa shape index (κ1) is 15.9. The first-order valence-corrected chi connectivity index (χ1v) is 9.24. The molecule has 0 aliphatic rings. The third-order valence-corrected chi connectivity index (χ3v) is 5.60. The predicted molar refractivity (Wildman–Crippen MR) is 97.4 cm³/mol. The summed E-state index contributed by atoms with van der Waals surface area (Å²) in [5, 5.41) is 8.01. The van der Waals surface area contributed by atoms with E-state index in [0.717, 1.165) is 16.3 Å². The van der Waals surface area contributed by atoms with Crippen LogP contribution in [-0.4, -0.2) is 17.4 Å². The first-order chi connectivity index (χ1) is 11.1. The van der Waals surface area contributed by atoms with Crippen LogP contribution in [0, 0.1) is 6.92 Å². The second-order valence-corrected chi connectivity index (χ2v) is 7.25. The lowest BCUT2D eigenvalue weighted by atomic mass is 10.0. The average molecular weight is 342 g/mol. The Balaban J connectivity index is 1.67. The summed E-state index contributed by atoms with van der Waals surface area (Å²) in [4.78, 5) is 17.7. The third-order valence-electron chi connectivity index (χ3n) is 3.71. The minimum atomic E-state index is -0.0377. The molecule has 3 aromatic rings. The maximum atomic E-state index is 12.4. The van der Waals surface area contributed by atoms with Crippen LogP contribution in [0.25, 0.3) is 10.6 Å². The molecule has 0 saturated carbocycles. The van der Waals surface area contributed by atoms with Gasteiger partial charge in [0.25, 0.3) is 5.91 Å². The summed E-state index contributed by atoms with van der Waals surface area (Å²) in [5.74, 6) is 0.244. The summed E-state index contributed by atoms with van der Waals surface area (Å²) >= 11 is 3.09. The van der Waals surface area contributed by atoms with Crippen LogP contribution >= 0.6 is 22.7 Å². The molecule has 0 fully saturated rings. The van der Waals surface area contributed by atoms with Crippen molar-refractivity contribution in [2.45, 2.75) is 19.8 Å². The van der Waals surface area contributed by atoms with Gasteiger partial charge in [-0.15, -0.1) is 11.3 Å². The quantitative estimate of drug-likeness (QED) is 0.729. The molecule has 1 atom stereocenters. The number of aromatic nitrogens is 1. The number of carbonyl (C=O) groups is 1. The smallest absolute Gasteiger partial charge is 0.263 e. The second-order valence-electron chi connectivity index (χ2n) is 5.47. The normalized spacial score (nSPS) is 12.1. The SMILES string of the molecule is Cc1nc(-c2ccsc2)sc1C(=O)NCC(C)c1ccccc1. The molecule has 5 heteroatoms. The van der Waals surface area contributed by atoms with E-state index in [1.165, 1.54) is 16.9 Å². The molecule has 1 unspecified atom stereocenters. The van der Waals surface area contributed by atoms with Crippen LogP contribution in [0.3, 0.4) is 0 Å². The van der Waals surface area contributed by atoms with Crippen LogP contribution in [-0.2, 0) is 0 Å². The van der Waals surface area contributed by atoms with Gasteiger partial charge < -0.3 is 5.32 Å². The Morgan fingerprint density at radius 3 is 2.74 bits per heavy atom. The largest absolute Gasteiger partial charge is 0.351 e. The first-order valence-electron chi connectivity index (χ1n) is 7.48. The zero-order valence-electron chi connectivity index (χ0n) is 13.1. The van der Waals surface area contributed by atoms with Gasteiger partial charge in [-0.2, -0.15) is 11.3 Å². The molecule has 3 nitrogen and oxygen atoms in total. The molecule has 1 N–H and O–H groups in total. The molecule has 3 rings (SSSR count). The Labute approximate surface area is 144 Å². The number of thiazole rings is 1. The monoisotopic (exact) mass is 342 g/mol. The van der Waals surface area contributed by atoms with Crippen molar-refractivity contribution in [1.82, 2.24) is 10.3 Å². The van der Waals surface area contributed by atoms with Gasteiger partial charge in [-0.1, -0.05) is 37.3 Å². The minimum Gasteiger partial charge on any atom is -0.351 e. The van der Waals surface area contributed by atoms with Gasteiger partial charge in [0.05, 0.1) is 5.69 Å². The molecule has 1 aromatic carbocycles. The van der Waals surface area contributed by atoms with E-state index in [2.05, 4.69) is 34.7 Å². The van der Waals surface area contributed by atoms with E-state index < -0.39 is 0 Å². The summed E-state index contributed by atoms with van der Waals surface area (Å²) in [6.45, 7) is 4.63. The molecule has 0 spiro atoms. The summed E-state index contributed by atoms with van der Waals surface area (Å²) in [6, 6.07) is 12.2. The summed E-state index contributed by atoms with van der Waals surface area (Å²) in [5.41, 5.74) is 3.11. The van der Waals surface area contributed by atoms with Crippen molar-refractivity contribution >= 4 is 28.6 Å². The van der Waals surface area contributed by atoms with Crippen LogP contribution in [0.2, 0.25) is 0 Å². The molecule has 2 heterocycles. The van der Waals surface area contributed by atoms with E-state index in [4.69, 9.17) is 0 Å². The molecule has 23 heavy (non-hydrogen) atoms. The van der Waals surface area contributed by atoms with Crippen LogP contribution < -0.4 is 5.32 Å². The summed E-state index contributed by atoms with van der Waals surface area (Å²) in [6.07, 6.45) is 0. The van der Waals surface area contributed by atoms with Gasteiger partial charge in [-0.25, -0.2) is 4.98 Å². The topological polar surface area (TPSA) is 42.0 Å². The molecule has 1 amide bonds.